The van der Waals surface area contributed by atoms with E-state index >= 15 is 0 Å². The van der Waals surface area contributed by atoms with Crippen molar-refractivity contribution < 1.29 is 13.6 Å². The van der Waals surface area contributed by atoms with Gasteiger partial charge in [0.15, 0.2) is 11.6 Å². The number of nitrogens with two attached hydrogens (primary N) is 1. The van der Waals surface area contributed by atoms with Gasteiger partial charge in [-0.1, -0.05) is 0 Å². The number of primary amides is 1. The van der Waals surface area contributed by atoms with Crippen LogP contribution in [0.3, 0.4) is 0 Å². The topological polar surface area (TPSA) is 84.7 Å². The molecule has 2 aromatic rings. The highest BCUT2D eigenvalue weighted by Crippen LogP contribution is 2.19. The lowest BCUT2D eigenvalue weighted by Crippen LogP contribution is -2.13. The highest BCUT2D eigenvalue weighted by atomic mass is 19.1. The van der Waals surface area contributed by atoms with Gasteiger partial charge in [0.1, 0.15) is 11.4 Å². The fourth-order valence-corrected chi connectivity index (χ4v) is 1.43. The van der Waals surface area contributed by atoms with E-state index < -0.39 is 23.2 Å². The summed E-state index contributed by atoms with van der Waals surface area (Å²) in [5, 5.41) is 12.2. The Morgan fingerprint density at radius 3 is 2.44 bits per heavy atom. The van der Waals surface area contributed by atoms with Gasteiger partial charge in [-0.15, -0.1) is 0 Å². The smallest absolute Gasteiger partial charge is 0.269 e. The van der Waals surface area contributed by atoms with E-state index in [1.807, 2.05) is 0 Å². The molecule has 0 atom stereocenters. The van der Waals surface area contributed by atoms with E-state index in [4.69, 9.17) is 11.0 Å². The van der Waals surface area contributed by atoms with Crippen molar-refractivity contribution >= 4 is 5.91 Å². The fourth-order valence-electron chi connectivity index (χ4n) is 1.43. The predicted molar refractivity (Wildman–Crippen MR) is 56.7 cm³/mol. The second kappa shape index (κ2) is 4.25. The first-order valence-electron chi connectivity index (χ1n) is 4.78. The lowest BCUT2D eigenvalue weighted by atomic mass is 10.2. The van der Waals surface area contributed by atoms with Gasteiger partial charge in [-0.2, -0.15) is 10.4 Å². The van der Waals surface area contributed by atoms with E-state index in [1.54, 1.807) is 6.07 Å². The molecule has 0 fully saturated rings. The van der Waals surface area contributed by atoms with Crippen LogP contribution in [0.5, 0.6) is 0 Å². The van der Waals surface area contributed by atoms with E-state index in [1.165, 1.54) is 12.3 Å². The van der Waals surface area contributed by atoms with Crippen LogP contribution in [-0.2, 0) is 0 Å². The monoisotopic (exact) mass is 248 g/mol. The molecule has 18 heavy (non-hydrogen) atoms. The van der Waals surface area contributed by atoms with Crippen LogP contribution in [-0.4, -0.2) is 15.7 Å². The average molecular weight is 248 g/mol. The summed E-state index contributed by atoms with van der Waals surface area (Å²) >= 11 is 0. The van der Waals surface area contributed by atoms with E-state index in [0.29, 0.717) is 0 Å². The van der Waals surface area contributed by atoms with Crippen LogP contribution in [0.25, 0.3) is 5.69 Å². The molecule has 2 N–H and O–H groups in total. The lowest BCUT2D eigenvalue weighted by molar-refractivity contribution is 0.0995. The molecular weight excluding hydrogens is 242 g/mol. The molecular formula is C11H6F2N4O. The first kappa shape index (κ1) is 11.7. The predicted octanol–water partition coefficient (Wildman–Crippen LogP) is 1.12. The summed E-state index contributed by atoms with van der Waals surface area (Å²) in [6.45, 7) is 0. The molecule has 0 aliphatic rings. The molecule has 2 rings (SSSR count). The number of halogens is 2. The summed E-state index contributed by atoms with van der Waals surface area (Å²) < 4.78 is 28.1. The molecule has 1 heterocycles. The SMILES string of the molecule is N#Cc1cc(F)c(-n2ccc(C(N)=O)n2)c(F)c1. The quantitative estimate of drug-likeness (QED) is 0.864. The van der Waals surface area contributed by atoms with Crippen LogP contribution in [0.4, 0.5) is 8.78 Å². The summed E-state index contributed by atoms with van der Waals surface area (Å²) in [6.07, 6.45) is 1.20. The van der Waals surface area contributed by atoms with E-state index in [2.05, 4.69) is 5.10 Å². The second-order valence-electron chi connectivity index (χ2n) is 3.41. The maximum atomic E-state index is 13.6. The van der Waals surface area contributed by atoms with Crippen LogP contribution in [0.2, 0.25) is 0 Å². The minimum atomic E-state index is -0.953. The van der Waals surface area contributed by atoms with Crippen molar-refractivity contribution in [1.29, 1.82) is 5.26 Å². The molecule has 0 unspecified atom stereocenters. The third-order valence-electron chi connectivity index (χ3n) is 2.22. The zero-order valence-corrected chi connectivity index (χ0v) is 8.89. The normalized spacial score (nSPS) is 10.1. The summed E-state index contributed by atoms with van der Waals surface area (Å²) in [7, 11) is 0. The number of aromatic nitrogens is 2. The molecule has 7 heteroatoms. The van der Waals surface area contributed by atoms with Crippen LogP contribution < -0.4 is 5.73 Å². The molecule has 0 spiro atoms. The average Bonchev–Trinajstić information content (AvgIpc) is 2.77. The molecule has 90 valence electrons. The Morgan fingerprint density at radius 1 is 1.39 bits per heavy atom. The fraction of sp³-hybridized carbons (Fsp3) is 0. The van der Waals surface area contributed by atoms with Crippen LogP contribution in [0.1, 0.15) is 16.1 Å². The molecule has 0 saturated carbocycles. The van der Waals surface area contributed by atoms with Gasteiger partial charge < -0.3 is 5.73 Å². The summed E-state index contributed by atoms with van der Waals surface area (Å²) in [5.74, 6) is -2.71. The van der Waals surface area contributed by atoms with Crippen LogP contribution in [0.15, 0.2) is 24.4 Å². The number of carbonyl (C=O) groups excluding carboxylic acids is 1. The summed E-state index contributed by atoms with van der Waals surface area (Å²) in [6, 6.07) is 4.62. The van der Waals surface area contributed by atoms with Gasteiger partial charge in [-0.3, -0.25) is 4.79 Å². The van der Waals surface area contributed by atoms with E-state index in [9.17, 15) is 13.6 Å². The molecule has 0 radical (unpaired) electrons. The Kier molecular flexibility index (Phi) is 2.77. The third-order valence-corrected chi connectivity index (χ3v) is 2.22. The molecule has 0 aliphatic carbocycles. The largest absolute Gasteiger partial charge is 0.364 e. The zero-order chi connectivity index (χ0) is 13.3. The summed E-state index contributed by atoms with van der Waals surface area (Å²) in [5.41, 5.74) is 4.26. The van der Waals surface area contributed by atoms with Crippen LogP contribution in [0, 0.1) is 23.0 Å². The number of carbonyl (C=O) groups is 1. The zero-order valence-electron chi connectivity index (χ0n) is 8.89. The van der Waals surface area contributed by atoms with Crippen molar-refractivity contribution in [3.8, 4) is 11.8 Å². The minimum Gasteiger partial charge on any atom is -0.364 e. The summed E-state index contributed by atoms with van der Waals surface area (Å²) in [4.78, 5) is 10.8. The molecule has 0 bridgehead atoms. The highest BCUT2D eigenvalue weighted by molar-refractivity contribution is 5.90. The van der Waals surface area contributed by atoms with Crippen molar-refractivity contribution in [3.63, 3.8) is 0 Å². The Balaban J connectivity index is 2.57. The number of rotatable bonds is 2. The number of hydrogen-bond acceptors (Lipinski definition) is 3. The Bertz CT molecular complexity index is 649. The molecule has 0 saturated heterocycles. The minimum absolute atomic E-state index is 0.113. The van der Waals surface area contributed by atoms with Crippen molar-refractivity contribution in [3.05, 3.63) is 47.3 Å². The number of hydrogen-bond donors (Lipinski definition) is 1. The van der Waals surface area contributed by atoms with E-state index in [-0.39, 0.29) is 11.3 Å². The number of amides is 1. The number of benzene rings is 1. The van der Waals surface area contributed by atoms with Gasteiger partial charge in [-0.25, -0.2) is 13.5 Å². The molecule has 1 aromatic carbocycles. The van der Waals surface area contributed by atoms with Gasteiger partial charge in [-0.05, 0) is 18.2 Å². The van der Waals surface area contributed by atoms with Gasteiger partial charge >= 0.3 is 0 Å². The maximum absolute atomic E-state index is 13.6. The van der Waals surface area contributed by atoms with Gasteiger partial charge in [0.25, 0.3) is 5.91 Å². The van der Waals surface area contributed by atoms with Crippen molar-refractivity contribution in [2.24, 2.45) is 5.73 Å². The number of nitrogens with zero attached hydrogens (tertiary/aromatic N) is 3. The van der Waals surface area contributed by atoms with Crippen molar-refractivity contribution in [1.82, 2.24) is 9.78 Å². The number of nitriles is 1. The first-order valence-corrected chi connectivity index (χ1v) is 4.78. The molecule has 5 nitrogen and oxygen atoms in total. The Morgan fingerprint density at radius 2 is 2.00 bits per heavy atom. The highest BCUT2D eigenvalue weighted by Gasteiger charge is 2.15. The maximum Gasteiger partial charge on any atom is 0.269 e. The van der Waals surface area contributed by atoms with Crippen LogP contribution >= 0.6 is 0 Å². The molecule has 1 amide bonds. The van der Waals surface area contributed by atoms with Crippen molar-refractivity contribution in [2.75, 3.05) is 0 Å². The standard InChI is InChI=1S/C11H6F2N4O/c12-7-3-6(5-14)4-8(13)10(7)17-2-1-9(16-17)11(15)18/h1-4H,(H2,15,18). The van der Waals surface area contributed by atoms with Gasteiger partial charge in [0.05, 0.1) is 11.6 Å². The van der Waals surface area contributed by atoms with Gasteiger partial charge in [0, 0.05) is 6.20 Å². The molecule has 0 aliphatic heterocycles. The van der Waals surface area contributed by atoms with Gasteiger partial charge in [0.2, 0.25) is 0 Å². The lowest BCUT2D eigenvalue weighted by Gasteiger charge is -2.05. The second-order valence-corrected chi connectivity index (χ2v) is 3.41. The Hall–Kier alpha value is -2.75. The first-order chi connectivity index (χ1) is 8.52. The van der Waals surface area contributed by atoms with E-state index in [0.717, 1.165) is 16.8 Å². The molecule has 1 aromatic heterocycles. The van der Waals surface area contributed by atoms with Crippen molar-refractivity contribution in [2.45, 2.75) is 0 Å². The third kappa shape index (κ3) is 1.91. The Labute approximate surface area is 100 Å².